The number of guanidine groups is 1. The normalized spacial score (nSPS) is 11.3. The van der Waals surface area contributed by atoms with Crippen LogP contribution in [0.15, 0.2) is 65.9 Å². The predicted molar refractivity (Wildman–Crippen MR) is 120 cm³/mol. The van der Waals surface area contributed by atoms with E-state index in [1.807, 2.05) is 36.4 Å². The summed E-state index contributed by atoms with van der Waals surface area (Å²) in [5.41, 5.74) is 2.35. The number of aliphatic imine (C=N–C) groups is 1. The number of nitrogens with one attached hydrogen (secondary N) is 2. The fourth-order valence-electron chi connectivity index (χ4n) is 3.19. The standard InChI is InChI=1S/C23H30N6O/c1-3-22-28-27-18-29(22)16-15-25-23(26-17-19-9-5-4-6-10-19)24-14-13-20-11-7-8-12-21(20)30-2/h4-12,18H,3,13-17H2,1-2H3,(H2,24,25,26). The molecule has 0 spiro atoms. The van der Waals surface area contributed by atoms with Gasteiger partial charge in [-0.25, -0.2) is 4.99 Å². The number of para-hydroxylation sites is 1. The van der Waals surface area contributed by atoms with Gasteiger partial charge in [0.05, 0.1) is 13.7 Å². The van der Waals surface area contributed by atoms with E-state index in [4.69, 9.17) is 9.73 Å². The van der Waals surface area contributed by atoms with Crippen LogP contribution in [0.4, 0.5) is 0 Å². The molecule has 158 valence electrons. The zero-order valence-corrected chi connectivity index (χ0v) is 17.7. The number of nitrogens with zero attached hydrogens (tertiary/aromatic N) is 4. The Kier molecular flexibility index (Phi) is 8.26. The second-order valence-corrected chi connectivity index (χ2v) is 6.86. The maximum absolute atomic E-state index is 5.45. The smallest absolute Gasteiger partial charge is 0.191 e. The summed E-state index contributed by atoms with van der Waals surface area (Å²) < 4.78 is 7.51. The van der Waals surface area contributed by atoms with Crippen LogP contribution in [0.5, 0.6) is 5.75 Å². The molecule has 0 saturated heterocycles. The first-order valence-corrected chi connectivity index (χ1v) is 10.3. The number of aryl methyl sites for hydroxylation is 1. The highest BCUT2D eigenvalue weighted by Crippen LogP contribution is 2.17. The maximum atomic E-state index is 5.45. The van der Waals surface area contributed by atoms with Crippen LogP contribution in [0.25, 0.3) is 0 Å². The fourth-order valence-corrected chi connectivity index (χ4v) is 3.19. The number of benzene rings is 2. The molecule has 0 radical (unpaired) electrons. The Morgan fingerprint density at radius 3 is 2.60 bits per heavy atom. The third-order valence-corrected chi connectivity index (χ3v) is 4.80. The SMILES string of the molecule is CCc1nncn1CCNC(=NCc1ccccc1)NCCc1ccccc1OC. The van der Waals surface area contributed by atoms with E-state index in [0.717, 1.165) is 50.0 Å². The van der Waals surface area contributed by atoms with Crippen LogP contribution in [0.2, 0.25) is 0 Å². The Morgan fingerprint density at radius 2 is 1.80 bits per heavy atom. The van der Waals surface area contributed by atoms with E-state index in [-0.39, 0.29) is 0 Å². The van der Waals surface area contributed by atoms with Gasteiger partial charge in [0.2, 0.25) is 0 Å². The van der Waals surface area contributed by atoms with Gasteiger partial charge in [0.1, 0.15) is 17.9 Å². The van der Waals surface area contributed by atoms with E-state index in [1.165, 1.54) is 11.1 Å². The summed E-state index contributed by atoms with van der Waals surface area (Å²) in [5, 5.41) is 15.0. The van der Waals surface area contributed by atoms with E-state index in [9.17, 15) is 0 Å². The summed E-state index contributed by atoms with van der Waals surface area (Å²) in [6, 6.07) is 18.3. The van der Waals surface area contributed by atoms with Crippen molar-refractivity contribution >= 4 is 5.96 Å². The van der Waals surface area contributed by atoms with Gasteiger partial charge in [0, 0.05) is 26.1 Å². The molecule has 0 aliphatic rings. The molecule has 0 fully saturated rings. The quantitative estimate of drug-likeness (QED) is 0.400. The van der Waals surface area contributed by atoms with Gasteiger partial charge in [-0.3, -0.25) is 0 Å². The molecule has 3 rings (SSSR count). The summed E-state index contributed by atoms with van der Waals surface area (Å²) in [7, 11) is 1.70. The van der Waals surface area contributed by atoms with Crippen LogP contribution in [-0.4, -0.2) is 40.9 Å². The lowest BCUT2D eigenvalue weighted by molar-refractivity contribution is 0.409. The van der Waals surface area contributed by atoms with E-state index < -0.39 is 0 Å². The second-order valence-electron chi connectivity index (χ2n) is 6.86. The third-order valence-electron chi connectivity index (χ3n) is 4.80. The first-order valence-electron chi connectivity index (χ1n) is 10.3. The highest BCUT2D eigenvalue weighted by Gasteiger charge is 2.05. The Balaban J connectivity index is 1.58. The molecule has 1 heterocycles. The Bertz CT molecular complexity index is 922. The van der Waals surface area contributed by atoms with E-state index in [2.05, 4.69) is 50.5 Å². The van der Waals surface area contributed by atoms with Crippen molar-refractivity contribution in [1.82, 2.24) is 25.4 Å². The molecule has 0 aliphatic carbocycles. The van der Waals surface area contributed by atoms with Gasteiger partial charge < -0.3 is 19.9 Å². The maximum Gasteiger partial charge on any atom is 0.191 e. The van der Waals surface area contributed by atoms with Crippen molar-refractivity contribution in [2.24, 2.45) is 4.99 Å². The van der Waals surface area contributed by atoms with Crippen molar-refractivity contribution in [3.05, 3.63) is 77.9 Å². The van der Waals surface area contributed by atoms with E-state index in [1.54, 1.807) is 13.4 Å². The van der Waals surface area contributed by atoms with Gasteiger partial charge in [0.25, 0.3) is 0 Å². The zero-order chi connectivity index (χ0) is 21.0. The van der Waals surface area contributed by atoms with Gasteiger partial charge >= 0.3 is 0 Å². The van der Waals surface area contributed by atoms with Crippen molar-refractivity contribution in [1.29, 1.82) is 0 Å². The monoisotopic (exact) mass is 406 g/mol. The third kappa shape index (κ3) is 6.34. The van der Waals surface area contributed by atoms with Gasteiger partial charge in [-0.05, 0) is 23.6 Å². The second kappa shape index (κ2) is 11.6. The highest BCUT2D eigenvalue weighted by atomic mass is 16.5. The molecular formula is C23H30N6O. The Labute approximate surface area is 178 Å². The molecule has 7 nitrogen and oxygen atoms in total. The number of aromatic nitrogens is 3. The summed E-state index contributed by atoms with van der Waals surface area (Å²) in [5.74, 6) is 2.69. The molecule has 3 aromatic rings. The minimum Gasteiger partial charge on any atom is -0.496 e. The van der Waals surface area contributed by atoms with Crippen molar-refractivity contribution in [2.45, 2.75) is 32.9 Å². The summed E-state index contributed by atoms with van der Waals surface area (Å²) in [6.45, 7) is 4.99. The largest absolute Gasteiger partial charge is 0.496 e. The molecule has 0 saturated carbocycles. The molecular weight excluding hydrogens is 376 g/mol. The average molecular weight is 407 g/mol. The number of ether oxygens (including phenoxy) is 1. The van der Waals surface area contributed by atoms with Gasteiger partial charge in [-0.2, -0.15) is 0 Å². The topological polar surface area (TPSA) is 76.4 Å². The zero-order valence-electron chi connectivity index (χ0n) is 17.7. The molecule has 0 amide bonds. The van der Waals surface area contributed by atoms with Crippen molar-refractivity contribution in [3.63, 3.8) is 0 Å². The summed E-state index contributed by atoms with van der Waals surface area (Å²) in [6.07, 6.45) is 3.49. The Hall–Kier alpha value is -3.35. The lowest BCUT2D eigenvalue weighted by atomic mass is 10.1. The van der Waals surface area contributed by atoms with Gasteiger partial charge in [-0.1, -0.05) is 55.5 Å². The molecule has 0 unspecified atom stereocenters. The van der Waals surface area contributed by atoms with Crippen LogP contribution in [0.3, 0.4) is 0 Å². The van der Waals surface area contributed by atoms with Crippen molar-refractivity contribution in [2.75, 3.05) is 20.2 Å². The molecule has 1 aromatic heterocycles. The molecule has 30 heavy (non-hydrogen) atoms. The van der Waals surface area contributed by atoms with E-state index >= 15 is 0 Å². The summed E-state index contributed by atoms with van der Waals surface area (Å²) >= 11 is 0. The fraction of sp³-hybridized carbons (Fsp3) is 0.348. The molecule has 2 aromatic carbocycles. The van der Waals surface area contributed by atoms with Crippen LogP contribution < -0.4 is 15.4 Å². The number of hydrogen-bond donors (Lipinski definition) is 2. The molecule has 0 atom stereocenters. The van der Waals surface area contributed by atoms with Crippen molar-refractivity contribution in [3.8, 4) is 5.75 Å². The van der Waals surface area contributed by atoms with Gasteiger partial charge in [0.15, 0.2) is 5.96 Å². The predicted octanol–water partition coefficient (Wildman–Crippen LogP) is 2.83. The van der Waals surface area contributed by atoms with Crippen LogP contribution in [-0.2, 0) is 25.9 Å². The minimum absolute atomic E-state index is 0.623. The first kappa shape index (κ1) is 21.4. The van der Waals surface area contributed by atoms with Crippen LogP contribution in [0.1, 0.15) is 23.9 Å². The lowest BCUT2D eigenvalue weighted by Gasteiger charge is -2.14. The van der Waals surface area contributed by atoms with Crippen molar-refractivity contribution < 1.29 is 4.74 Å². The first-order chi connectivity index (χ1) is 14.8. The molecule has 0 bridgehead atoms. The average Bonchev–Trinajstić information content (AvgIpc) is 3.25. The van der Waals surface area contributed by atoms with Crippen LogP contribution in [0, 0.1) is 0 Å². The van der Waals surface area contributed by atoms with Crippen LogP contribution >= 0.6 is 0 Å². The highest BCUT2D eigenvalue weighted by molar-refractivity contribution is 5.79. The Morgan fingerprint density at radius 1 is 1.03 bits per heavy atom. The number of hydrogen-bond acceptors (Lipinski definition) is 4. The van der Waals surface area contributed by atoms with Gasteiger partial charge in [-0.15, -0.1) is 10.2 Å². The van der Waals surface area contributed by atoms with E-state index in [0.29, 0.717) is 6.54 Å². The minimum atomic E-state index is 0.623. The molecule has 7 heteroatoms. The molecule has 2 N–H and O–H groups in total. The lowest BCUT2D eigenvalue weighted by Crippen LogP contribution is -2.40. The number of rotatable bonds is 10. The number of methoxy groups -OCH3 is 1. The summed E-state index contributed by atoms with van der Waals surface area (Å²) in [4.78, 5) is 4.75. The molecule has 0 aliphatic heterocycles.